The molecular formula is C17H11N3OS2. The third-order valence-electron chi connectivity index (χ3n) is 3.47. The van der Waals surface area contributed by atoms with Crippen molar-refractivity contribution in [2.24, 2.45) is 0 Å². The summed E-state index contributed by atoms with van der Waals surface area (Å²) >= 11 is 2.78. The predicted molar refractivity (Wildman–Crippen MR) is 94.0 cm³/mol. The molecule has 0 radical (unpaired) electrons. The van der Waals surface area contributed by atoms with Crippen LogP contribution in [-0.4, -0.2) is 15.2 Å². The van der Waals surface area contributed by atoms with Crippen LogP contribution < -0.4 is 5.56 Å². The van der Waals surface area contributed by atoms with Gasteiger partial charge in [0, 0.05) is 16.5 Å². The Kier molecular flexibility index (Phi) is 3.69. The molecule has 0 bridgehead atoms. The first-order valence-electron chi connectivity index (χ1n) is 6.97. The number of pyridine rings is 1. The molecule has 112 valence electrons. The lowest BCUT2D eigenvalue weighted by Gasteiger charge is -2.11. The first kappa shape index (κ1) is 14.2. The number of nitrogens with zero attached hydrogens (tertiary/aromatic N) is 2. The number of hydrogen-bond donors (Lipinski definition) is 1. The van der Waals surface area contributed by atoms with Crippen molar-refractivity contribution in [1.82, 2.24) is 15.2 Å². The number of rotatable bonds is 3. The molecule has 0 aliphatic carbocycles. The maximum Gasteiger partial charge on any atom is 0.263 e. The van der Waals surface area contributed by atoms with Crippen molar-refractivity contribution in [2.75, 3.05) is 0 Å². The number of benzene rings is 2. The molecule has 0 unspecified atom stereocenters. The predicted octanol–water partition coefficient (Wildman–Crippen LogP) is 4.20. The number of H-pyrrole nitrogens is 1. The van der Waals surface area contributed by atoms with E-state index in [2.05, 4.69) is 15.2 Å². The van der Waals surface area contributed by atoms with Crippen LogP contribution in [0.2, 0.25) is 0 Å². The zero-order chi connectivity index (χ0) is 15.6. The highest BCUT2D eigenvalue weighted by Crippen LogP contribution is 2.37. The highest BCUT2D eigenvalue weighted by Gasteiger charge is 2.16. The highest BCUT2D eigenvalue weighted by molar-refractivity contribution is 8.01. The van der Waals surface area contributed by atoms with Crippen LogP contribution in [0.15, 0.2) is 74.1 Å². The minimum atomic E-state index is -0.109. The minimum Gasteiger partial charge on any atom is -0.321 e. The van der Waals surface area contributed by atoms with E-state index >= 15 is 0 Å². The number of fused-ring (bicyclic) bond motifs is 1. The van der Waals surface area contributed by atoms with Gasteiger partial charge in [-0.05, 0) is 11.6 Å². The Bertz CT molecular complexity index is 1010. The number of nitrogens with one attached hydrogen (secondary N) is 1. The Balaban J connectivity index is 2.04. The van der Waals surface area contributed by atoms with Gasteiger partial charge < -0.3 is 4.98 Å². The largest absolute Gasteiger partial charge is 0.321 e. The monoisotopic (exact) mass is 337 g/mol. The Labute approximate surface area is 140 Å². The first-order valence-corrected chi connectivity index (χ1v) is 8.67. The smallest absolute Gasteiger partial charge is 0.263 e. The Morgan fingerprint density at radius 1 is 1.00 bits per heavy atom. The zero-order valence-corrected chi connectivity index (χ0v) is 13.5. The van der Waals surface area contributed by atoms with Gasteiger partial charge in [-0.3, -0.25) is 4.79 Å². The average Bonchev–Trinajstić information content (AvgIpc) is 3.09. The van der Waals surface area contributed by atoms with Crippen LogP contribution in [0.1, 0.15) is 0 Å². The summed E-state index contributed by atoms with van der Waals surface area (Å²) < 4.78 is 0.753. The van der Waals surface area contributed by atoms with Gasteiger partial charge >= 0.3 is 0 Å². The molecule has 0 spiro atoms. The topological polar surface area (TPSA) is 58.6 Å². The van der Waals surface area contributed by atoms with Crippen molar-refractivity contribution in [2.45, 2.75) is 9.24 Å². The van der Waals surface area contributed by atoms with E-state index in [0.717, 1.165) is 26.4 Å². The lowest BCUT2D eigenvalue weighted by atomic mass is 10.0. The summed E-state index contributed by atoms with van der Waals surface area (Å²) in [6.45, 7) is 0. The maximum absolute atomic E-state index is 12.6. The summed E-state index contributed by atoms with van der Waals surface area (Å²) in [6.07, 6.45) is 0. The molecule has 0 amide bonds. The van der Waals surface area contributed by atoms with Gasteiger partial charge in [-0.15, -0.1) is 10.2 Å². The summed E-state index contributed by atoms with van der Waals surface area (Å²) in [5, 5.41) is 8.91. The van der Waals surface area contributed by atoms with Crippen molar-refractivity contribution < 1.29 is 0 Å². The van der Waals surface area contributed by atoms with Crippen LogP contribution in [0, 0.1) is 0 Å². The fourth-order valence-electron chi connectivity index (χ4n) is 2.51. The van der Waals surface area contributed by atoms with E-state index in [1.807, 2.05) is 54.6 Å². The molecule has 1 N–H and O–H groups in total. The molecule has 0 atom stereocenters. The standard InChI is InChI=1S/C17H11N3OS2/c21-16-15(23-17-20-18-10-22-17)14(11-6-2-1-3-7-11)12-8-4-5-9-13(12)19-16/h1-10H,(H,19,21). The van der Waals surface area contributed by atoms with Gasteiger partial charge in [0.05, 0.1) is 4.90 Å². The van der Waals surface area contributed by atoms with Crippen LogP contribution >= 0.6 is 23.1 Å². The van der Waals surface area contributed by atoms with Crippen LogP contribution in [0.4, 0.5) is 0 Å². The maximum atomic E-state index is 12.6. The third-order valence-corrected chi connectivity index (χ3v) is 5.34. The van der Waals surface area contributed by atoms with Crippen LogP contribution in [0.25, 0.3) is 22.0 Å². The molecule has 0 fully saturated rings. The molecule has 4 aromatic rings. The van der Waals surface area contributed by atoms with E-state index in [9.17, 15) is 4.79 Å². The van der Waals surface area contributed by atoms with E-state index in [1.54, 1.807) is 5.51 Å². The van der Waals surface area contributed by atoms with Gasteiger partial charge in [-0.2, -0.15) is 0 Å². The molecule has 0 saturated carbocycles. The lowest BCUT2D eigenvalue weighted by Crippen LogP contribution is -2.10. The third kappa shape index (κ3) is 2.67. The van der Waals surface area contributed by atoms with Gasteiger partial charge in [0.2, 0.25) is 0 Å². The lowest BCUT2D eigenvalue weighted by molar-refractivity contribution is 1.01. The van der Waals surface area contributed by atoms with Crippen LogP contribution in [0.5, 0.6) is 0 Å². The first-order chi connectivity index (χ1) is 11.3. The Hall–Kier alpha value is -2.44. The molecule has 2 aromatic heterocycles. The van der Waals surface area contributed by atoms with Gasteiger partial charge in [-0.1, -0.05) is 71.6 Å². The van der Waals surface area contributed by atoms with Crippen molar-refractivity contribution in [3.63, 3.8) is 0 Å². The minimum absolute atomic E-state index is 0.109. The molecular weight excluding hydrogens is 326 g/mol. The zero-order valence-electron chi connectivity index (χ0n) is 11.9. The molecule has 4 nitrogen and oxygen atoms in total. The van der Waals surface area contributed by atoms with Crippen molar-refractivity contribution in [3.05, 3.63) is 70.5 Å². The highest BCUT2D eigenvalue weighted by atomic mass is 32.2. The summed E-state index contributed by atoms with van der Waals surface area (Å²) in [4.78, 5) is 16.2. The van der Waals surface area contributed by atoms with Gasteiger partial charge in [0.25, 0.3) is 5.56 Å². The molecule has 2 heterocycles. The molecule has 0 aliphatic heterocycles. The van der Waals surface area contributed by atoms with Crippen molar-refractivity contribution in [3.8, 4) is 11.1 Å². The van der Waals surface area contributed by atoms with E-state index < -0.39 is 0 Å². The van der Waals surface area contributed by atoms with Crippen LogP contribution in [0.3, 0.4) is 0 Å². The van der Waals surface area contributed by atoms with Crippen molar-refractivity contribution >= 4 is 34.0 Å². The number of aromatic amines is 1. The number of hydrogen-bond acceptors (Lipinski definition) is 5. The Morgan fingerprint density at radius 2 is 1.78 bits per heavy atom. The molecule has 6 heteroatoms. The van der Waals surface area contributed by atoms with Crippen LogP contribution in [-0.2, 0) is 0 Å². The second-order valence-corrected chi connectivity index (χ2v) is 6.97. The van der Waals surface area contributed by atoms with E-state index in [4.69, 9.17) is 0 Å². The van der Waals surface area contributed by atoms with Gasteiger partial charge in [0.15, 0.2) is 4.34 Å². The van der Waals surface area contributed by atoms with Gasteiger partial charge in [-0.25, -0.2) is 0 Å². The number of para-hydroxylation sites is 1. The Morgan fingerprint density at radius 3 is 2.57 bits per heavy atom. The average molecular weight is 337 g/mol. The summed E-state index contributed by atoms with van der Waals surface area (Å²) in [5.74, 6) is 0. The van der Waals surface area contributed by atoms with E-state index in [-0.39, 0.29) is 5.56 Å². The van der Waals surface area contributed by atoms with E-state index in [0.29, 0.717) is 4.90 Å². The summed E-state index contributed by atoms with van der Waals surface area (Å²) in [6, 6.07) is 17.8. The molecule has 0 saturated heterocycles. The normalized spacial score (nSPS) is 11.0. The molecule has 23 heavy (non-hydrogen) atoms. The molecule has 0 aliphatic rings. The van der Waals surface area contributed by atoms with E-state index in [1.165, 1.54) is 23.1 Å². The molecule has 2 aromatic carbocycles. The summed E-state index contributed by atoms with van der Waals surface area (Å²) in [7, 11) is 0. The fraction of sp³-hybridized carbons (Fsp3) is 0. The van der Waals surface area contributed by atoms with Gasteiger partial charge in [0.1, 0.15) is 5.51 Å². The quantitative estimate of drug-likeness (QED) is 0.609. The fourth-order valence-corrected chi connectivity index (χ4v) is 4.10. The second kappa shape index (κ2) is 5.98. The second-order valence-electron chi connectivity index (χ2n) is 4.88. The SMILES string of the molecule is O=c1[nH]c2ccccc2c(-c2ccccc2)c1Sc1nncs1. The van der Waals surface area contributed by atoms with Crippen molar-refractivity contribution in [1.29, 1.82) is 0 Å². The molecule has 4 rings (SSSR count). The summed E-state index contributed by atoms with van der Waals surface area (Å²) in [5.41, 5.74) is 4.34. The number of aromatic nitrogens is 3.